The summed E-state index contributed by atoms with van der Waals surface area (Å²) in [6.07, 6.45) is 20.1. The van der Waals surface area contributed by atoms with Crippen LogP contribution in [-0.2, 0) is 9.47 Å². The van der Waals surface area contributed by atoms with E-state index in [9.17, 15) is 0 Å². The first kappa shape index (κ1) is 17.4. The fourth-order valence-corrected chi connectivity index (χ4v) is 2.23. The topological polar surface area (TPSA) is 43.2 Å². The lowest BCUT2D eigenvalue weighted by molar-refractivity contribution is 0.0838. The number of hydrogen-bond donors (Lipinski definition) is 0. The molecule has 0 amide bonds. The van der Waals surface area contributed by atoms with Crippen molar-refractivity contribution < 1.29 is 9.47 Å². The van der Waals surface area contributed by atoms with Crippen LogP contribution >= 0.6 is 0 Å². The van der Waals surface area contributed by atoms with Crippen LogP contribution in [-0.4, -0.2) is 45.3 Å². The summed E-state index contributed by atoms with van der Waals surface area (Å²) in [5.41, 5.74) is 2.62. The van der Waals surface area contributed by atoms with E-state index < -0.39 is 0 Å². The number of dihydropyridines is 2. The largest absolute Gasteiger partial charge is 0.499 e. The molecule has 0 spiro atoms. The van der Waals surface area contributed by atoms with E-state index in [1.807, 2.05) is 24.6 Å². The van der Waals surface area contributed by atoms with Gasteiger partial charge in [0.25, 0.3) is 0 Å². The van der Waals surface area contributed by atoms with Gasteiger partial charge in [0.1, 0.15) is 6.61 Å². The highest BCUT2D eigenvalue weighted by Crippen LogP contribution is 2.08. The van der Waals surface area contributed by atoms with Crippen molar-refractivity contribution >= 4 is 12.4 Å². The van der Waals surface area contributed by atoms with Gasteiger partial charge >= 0.3 is 0 Å². The van der Waals surface area contributed by atoms with E-state index in [4.69, 9.17) is 9.47 Å². The highest BCUT2D eigenvalue weighted by atomic mass is 16.5. The molecule has 23 heavy (non-hydrogen) atoms. The molecule has 2 heterocycles. The van der Waals surface area contributed by atoms with Crippen LogP contribution in [0.4, 0.5) is 0 Å². The maximum absolute atomic E-state index is 5.55. The van der Waals surface area contributed by atoms with Gasteiger partial charge in [-0.3, -0.25) is 9.98 Å². The summed E-state index contributed by atoms with van der Waals surface area (Å²) in [5, 5.41) is 0. The fourth-order valence-electron chi connectivity index (χ4n) is 2.23. The fraction of sp³-hybridized carbons (Fsp3) is 0.474. The van der Waals surface area contributed by atoms with E-state index in [-0.39, 0.29) is 0 Å². The van der Waals surface area contributed by atoms with E-state index in [2.05, 4.69) is 28.2 Å². The predicted octanol–water partition coefficient (Wildman–Crippen LogP) is 3.67. The summed E-state index contributed by atoms with van der Waals surface area (Å²) in [5.74, 6) is 0. The van der Waals surface area contributed by atoms with Gasteiger partial charge in [-0.25, -0.2) is 0 Å². The highest BCUT2D eigenvalue weighted by molar-refractivity contribution is 5.74. The number of hydrogen-bond acceptors (Lipinski definition) is 4. The van der Waals surface area contributed by atoms with Crippen LogP contribution in [0.25, 0.3) is 0 Å². The molecule has 0 atom stereocenters. The van der Waals surface area contributed by atoms with Crippen LogP contribution in [0.3, 0.4) is 0 Å². The van der Waals surface area contributed by atoms with E-state index >= 15 is 0 Å². The Bertz CT molecular complexity index is 467. The van der Waals surface area contributed by atoms with Crippen molar-refractivity contribution in [2.24, 2.45) is 9.98 Å². The van der Waals surface area contributed by atoms with Gasteiger partial charge in [-0.05, 0) is 55.1 Å². The molecule has 0 aromatic heterocycles. The molecule has 0 aromatic carbocycles. The second-order valence-electron chi connectivity index (χ2n) is 5.42. The minimum atomic E-state index is 0.597. The lowest BCUT2D eigenvalue weighted by atomic mass is 10.1. The number of ether oxygens (including phenoxy) is 2. The second kappa shape index (κ2) is 11.6. The first-order valence-corrected chi connectivity index (χ1v) is 8.35. The Morgan fingerprint density at radius 2 is 1.65 bits per heavy atom. The Morgan fingerprint density at radius 1 is 0.913 bits per heavy atom. The van der Waals surface area contributed by atoms with Crippen molar-refractivity contribution in [1.82, 2.24) is 0 Å². The Morgan fingerprint density at radius 3 is 2.35 bits per heavy atom. The Hall–Kier alpha value is -1.94. The minimum absolute atomic E-state index is 0.597. The monoisotopic (exact) mass is 314 g/mol. The number of unbranched alkanes of at least 4 members (excludes halogenated alkanes) is 1. The summed E-state index contributed by atoms with van der Waals surface area (Å²) < 4.78 is 11.0. The van der Waals surface area contributed by atoms with Gasteiger partial charge in [-0.15, -0.1) is 0 Å². The van der Waals surface area contributed by atoms with Gasteiger partial charge < -0.3 is 9.47 Å². The summed E-state index contributed by atoms with van der Waals surface area (Å²) >= 11 is 0. The van der Waals surface area contributed by atoms with E-state index in [0.29, 0.717) is 13.2 Å². The third-order valence-corrected chi connectivity index (χ3v) is 3.56. The maximum atomic E-state index is 5.55. The second-order valence-corrected chi connectivity index (χ2v) is 5.42. The van der Waals surface area contributed by atoms with Crippen molar-refractivity contribution in [1.29, 1.82) is 0 Å². The van der Waals surface area contributed by atoms with Gasteiger partial charge in [0.15, 0.2) is 0 Å². The van der Waals surface area contributed by atoms with Crippen LogP contribution in [0.2, 0.25) is 0 Å². The van der Waals surface area contributed by atoms with Crippen LogP contribution < -0.4 is 0 Å². The molecule has 0 fully saturated rings. The molecule has 0 aliphatic carbocycles. The molecule has 124 valence electrons. The molecule has 2 rings (SSSR count). The van der Waals surface area contributed by atoms with Gasteiger partial charge in [-0.1, -0.05) is 12.2 Å². The summed E-state index contributed by atoms with van der Waals surface area (Å²) in [6.45, 7) is 3.80. The quantitative estimate of drug-likeness (QED) is 0.456. The first-order valence-electron chi connectivity index (χ1n) is 8.35. The molecule has 0 saturated heterocycles. The van der Waals surface area contributed by atoms with E-state index in [1.54, 1.807) is 6.26 Å². The highest BCUT2D eigenvalue weighted by Gasteiger charge is 1.96. The number of rotatable bonds is 10. The molecule has 0 aromatic rings. The molecule has 0 bridgehead atoms. The molecule has 4 heteroatoms. The van der Waals surface area contributed by atoms with Gasteiger partial charge in [0, 0.05) is 32.1 Å². The van der Waals surface area contributed by atoms with Crippen molar-refractivity contribution in [2.45, 2.75) is 25.7 Å². The minimum Gasteiger partial charge on any atom is -0.499 e. The van der Waals surface area contributed by atoms with Crippen molar-refractivity contribution in [2.75, 3.05) is 32.9 Å². The zero-order valence-electron chi connectivity index (χ0n) is 13.7. The molecule has 0 saturated carbocycles. The van der Waals surface area contributed by atoms with Crippen LogP contribution in [0, 0.1) is 0 Å². The predicted molar refractivity (Wildman–Crippen MR) is 96.4 cm³/mol. The zero-order chi connectivity index (χ0) is 16.0. The standard InChI is InChI=1S/C19H26N2O2/c1(2-4-18-5-10-20-11-6-18)3-14-22-16-17-23-15-9-19-7-12-21-13-8-19/h2,4-5,7,9-10,12,15H,1,3,6,8,11,13-14,16-17H2/b4-2+,15-9+. The maximum Gasteiger partial charge on any atom is 0.111 e. The molecule has 0 unspecified atom stereocenters. The summed E-state index contributed by atoms with van der Waals surface area (Å²) in [7, 11) is 0. The average Bonchev–Trinajstić information content (AvgIpc) is 2.61. The molecule has 2 aliphatic rings. The lowest BCUT2D eigenvalue weighted by Gasteiger charge is -2.05. The third-order valence-electron chi connectivity index (χ3n) is 3.56. The van der Waals surface area contributed by atoms with Crippen molar-refractivity contribution in [3.63, 3.8) is 0 Å². The van der Waals surface area contributed by atoms with E-state index in [1.165, 1.54) is 11.1 Å². The number of nitrogens with zero attached hydrogens (tertiary/aromatic N) is 2. The van der Waals surface area contributed by atoms with E-state index in [0.717, 1.165) is 45.4 Å². The Kier molecular flexibility index (Phi) is 8.79. The molecule has 2 aliphatic heterocycles. The smallest absolute Gasteiger partial charge is 0.111 e. The van der Waals surface area contributed by atoms with Crippen molar-refractivity contribution in [3.8, 4) is 0 Å². The third kappa shape index (κ3) is 8.31. The number of aliphatic imine (C=N–C) groups is 2. The first-order chi connectivity index (χ1) is 11.4. The normalized spacial score (nSPS) is 17.7. The molecule has 0 N–H and O–H groups in total. The van der Waals surface area contributed by atoms with Crippen LogP contribution in [0.15, 0.2) is 57.8 Å². The van der Waals surface area contributed by atoms with Gasteiger partial charge in [0.2, 0.25) is 0 Å². The lowest BCUT2D eigenvalue weighted by Crippen LogP contribution is -2.02. The molecule has 0 radical (unpaired) electrons. The van der Waals surface area contributed by atoms with Crippen LogP contribution in [0.5, 0.6) is 0 Å². The average molecular weight is 314 g/mol. The molecular weight excluding hydrogens is 288 g/mol. The molecular formula is C19H26N2O2. The van der Waals surface area contributed by atoms with Crippen LogP contribution in [0.1, 0.15) is 25.7 Å². The van der Waals surface area contributed by atoms with Crippen molar-refractivity contribution in [3.05, 3.63) is 47.8 Å². The summed E-state index contributed by atoms with van der Waals surface area (Å²) in [4.78, 5) is 8.32. The summed E-state index contributed by atoms with van der Waals surface area (Å²) in [6, 6.07) is 0. The SMILES string of the molecule is C1=NCCC(/C=C/CCCOCCO/C=C/C2=CC=NCC2)=C1. The van der Waals surface area contributed by atoms with Gasteiger partial charge in [0.05, 0.1) is 12.9 Å². The van der Waals surface area contributed by atoms with Gasteiger partial charge in [-0.2, -0.15) is 0 Å². The Balaban J connectivity index is 1.41. The Labute approximate surface area is 139 Å². The zero-order valence-corrected chi connectivity index (χ0v) is 13.7. The number of allylic oxidation sites excluding steroid dienone is 5. The molecule has 4 nitrogen and oxygen atoms in total.